The van der Waals surface area contributed by atoms with Crippen LogP contribution in [0.4, 0.5) is 5.69 Å². The third-order valence-corrected chi connectivity index (χ3v) is 8.98. The van der Waals surface area contributed by atoms with Crippen molar-refractivity contribution in [3.05, 3.63) is 89.2 Å². The Labute approximate surface area is 224 Å². The van der Waals surface area contributed by atoms with Gasteiger partial charge in [0.05, 0.1) is 6.61 Å². The lowest BCUT2D eigenvalue weighted by atomic mass is 9.59. The second-order valence-electron chi connectivity index (χ2n) is 10.7. The summed E-state index contributed by atoms with van der Waals surface area (Å²) in [6.07, 6.45) is 9.51. The van der Waals surface area contributed by atoms with Gasteiger partial charge in [0.25, 0.3) is 0 Å². The number of aromatic nitrogens is 1. The number of anilines is 1. The number of hydrogen-bond donors (Lipinski definition) is 2. The number of rotatable bonds is 9. The van der Waals surface area contributed by atoms with Crippen LogP contribution in [0.5, 0.6) is 5.75 Å². The van der Waals surface area contributed by atoms with E-state index in [1.807, 2.05) is 24.3 Å². The van der Waals surface area contributed by atoms with Gasteiger partial charge in [0.2, 0.25) is 0 Å². The molecule has 0 saturated heterocycles. The number of benzene rings is 2. The van der Waals surface area contributed by atoms with Crippen molar-refractivity contribution in [2.45, 2.75) is 62.8 Å². The van der Waals surface area contributed by atoms with Crippen LogP contribution in [0.15, 0.2) is 73.1 Å². The lowest BCUT2D eigenvalue weighted by Gasteiger charge is -2.47. The molecule has 0 amide bonds. The number of pyridine rings is 1. The molecule has 2 atom stereocenters. The highest BCUT2D eigenvalue weighted by Crippen LogP contribution is 2.56. The van der Waals surface area contributed by atoms with Crippen molar-refractivity contribution in [1.29, 1.82) is 0 Å². The Balaban J connectivity index is 1.36. The number of fused-ring (bicyclic) bond motifs is 2. The lowest BCUT2D eigenvalue weighted by Crippen LogP contribution is -2.53. The quantitative estimate of drug-likeness (QED) is 0.314. The Morgan fingerprint density at radius 2 is 1.86 bits per heavy atom. The smallest absolute Gasteiger partial charge is 0.329 e. The third-order valence-electron chi connectivity index (χ3n) is 8.75. The van der Waals surface area contributed by atoms with E-state index in [1.165, 1.54) is 11.1 Å². The van der Waals surface area contributed by atoms with Gasteiger partial charge in [-0.15, -0.1) is 0 Å². The summed E-state index contributed by atoms with van der Waals surface area (Å²) in [4.78, 5) is 16.7. The minimum atomic E-state index is -0.993. The van der Waals surface area contributed by atoms with E-state index in [1.54, 1.807) is 24.5 Å². The average molecular weight is 519 g/mol. The summed E-state index contributed by atoms with van der Waals surface area (Å²) in [6, 6.07) is 20.0. The monoisotopic (exact) mass is 518 g/mol. The van der Waals surface area contributed by atoms with Crippen LogP contribution in [-0.2, 0) is 16.6 Å². The molecule has 5 nitrogen and oxygen atoms in total. The molecule has 6 heteroatoms. The molecule has 5 rings (SSSR count). The highest BCUT2D eigenvalue weighted by Gasteiger charge is 2.54. The van der Waals surface area contributed by atoms with E-state index in [0.717, 1.165) is 43.5 Å². The zero-order chi connectivity index (χ0) is 25.9. The van der Waals surface area contributed by atoms with Crippen LogP contribution in [0.3, 0.4) is 0 Å². The first kappa shape index (κ1) is 25.6. The summed E-state index contributed by atoms with van der Waals surface area (Å²) >= 11 is 6.19. The van der Waals surface area contributed by atoms with E-state index in [9.17, 15) is 9.90 Å². The topological polar surface area (TPSA) is 71.5 Å². The molecular formula is C31H35ClN2O3. The van der Waals surface area contributed by atoms with Crippen molar-refractivity contribution in [3.63, 3.8) is 0 Å². The van der Waals surface area contributed by atoms with Crippen LogP contribution in [-0.4, -0.2) is 28.2 Å². The fourth-order valence-corrected chi connectivity index (χ4v) is 6.80. The van der Waals surface area contributed by atoms with Crippen molar-refractivity contribution >= 4 is 23.3 Å². The first-order valence-electron chi connectivity index (χ1n) is 13.3. The summed E-state index contributed by atoms with van der Waals surface area (Å²) in [6.45, 7) is 2.92. The van der Waals surface area contributed by atoms with Gasteiger partial charge >= 0.3 is 5.97 Å². The first-order chi connectivity index (χ1) is 17.9. The van der Waals surface area contributed by atoms with Crippen LogP contribution in [0.1, 0.15) is 56.6 Å². The molecule has 3 aromatic rings. The molecule has 1 saturated carbocycles. The zero-order valence-electron chi connectivity index (χ0n) is 21.3. The Kier molecular flexibility index (Phi) is 7.43. The number of nitrogens with one attached hydrogen (secondary N) is 1. The molecule has 1 heterocycles. The first-order valence-corrected chi connectivity index (χ1v) is 13.7. The maximum atomic E-state index is 12.6. The van der Waals surface area contributed by atoms with Crippen LogP contribution in [0, 0.1) is 11.8 Å². The van der Waals surface area contributed by atoms with Gasteiger partial charge in [0.15, 0.2) is 0 Å². The second kappa shape index (κ2) is 10.7. The van der Waals surface area contributed by atoms with Gasteiger partial charge in [0, 0.05) is 23.1 Å². The van der Waals surface area contributed by atoms with Gasteiger partial charge in [-0.2, -0.15) is 0 Å². The maximum absolute atomic E-state index is 12.6. The average Bonchev–Trinajstić information content (AvgIpc) is 3.21. The number of carboxylic acid groups (broad SMARTS) is 1. The largest absolute Gasteiger partial charge is 0.493 e. The highest BCUT2D eigenvalue weighted by atomic mass is 35.5. The van der Waals surface area contributed by atoms with Crippen molar-refractivity contribution in [2.75, 3.05) is 11.9 Å². The van der Waals surface area contributed by atoms with E-state index in [0.29, 0.717) is 36.3 Å². The number of carboxylic acids is 1. The number of carbonyl (C=O) groups is 1. The Morgan fingerprint density at radius 3 is 2.57 bits per heavy atom. The summed E-state index contributed by atoms with van der Waals surface area (Å²) in [5.41, 5.74) is 2.60. The summed E-state index contributed by atoms with van der Waals surface area (Å²) in [5.74, 6) is 0.963. The SMILES string of the molecule is CC[C@H](COc1ccncc1)C[C@H]1Cc2ccccc2C12CCC(Nc1cccc(Cl)c1)(C(=O)O)CC2. The van der Waals surface area contributed by atoms with Gasteiger partial charge in [-0.1, -0.05) is 55.3 Å². The summed E-state index contributed by atoms with van der Waals surface area (Å²) in [7, 11) is 0. The molecule has 1 spiro atoms. The molecule has 0 unspecified atom stereocenters. The highest BCUT2D eigenvalue weighted by molar-refractivity contribution is 6.30. The minimum absolute atomic E-state index is 0.00432. The molecule has 37 heavy (non-hydrogen) atoms. The summed E-state index contributed by atoms with van der Waals surface area (Å²) < 4.78 is 6.12. The molecule has 1 aromatic heterocycles. The van der Waals surface area contributed by atoms with Crippen molar-refractivity contribution in [1.82, 2.24) is 4.98 Å². The van der Waals surface area contributed by atoms with E-state index < -0.39 is 11.5 Å². The van der Waals surface area contributed by atoms with Crippen LogP contribution >= 0.6 is 11.6 Å². The summed E-state index contributed by atoms with van der Waals surface area (Å²) in [5, 5.41) is 14.3. The Hall–Kier alpha value is -3.05. The molecule has 1 fully saturated rings. The molecule has 194 valence electrons. The molecular weight excluding hydrogens is 484 g/mol. The van der Waals surface area contributed by atoms with Gasteiger partial charge in [-0.3, -0.25) is 4.98 Å². The number of ether oxygens (including phenoxy) is 1. The number of halogens is 1. The van der Waals surface area contributed by atoms with Crippen molar-refractivity contribution < 1.29 is 14.6 Å². The number of nitrogens with zero attached hydrogens (tertiary/aromatic N) is 1. The van der Waals surface area contributed by atoms with Crippen molar-refractivity contribution in [2.24, 2.45) is 11.8 Å². The predicted octanol–water partition coefficient (Wildman–Crippen LogP) is 7.15. The second-order valence-corrected chi connectivity index (χ2v) is 11.2. The Bertz CT molecular complexity index is 1220. The normalized spacial score (nSPS) is 25.4. The molecule has 0 aliphatic heterocycles. The minimum Gasteiger partial charge on any atom is -0.493 e. The predicted molar refractivity (Wildman–Crippen MR) is 147 cm³/mol. The van der Waals surface area contributed by atoms with E-state index in [-0.39, 0.29) is 5.41 Å². The van der Waals surface area contributed by atoms with Gasteiger partial charge in [-0.25, -0.2) is 4.79 Å². The molecule has 2 aliphatic rings. The fraction of sp³-hybridized carbons (Fsp3) is 0.419. The molecule has 2 aromatic carbocycles. The van der Waals surface area contributed by atoms with Gasteiger partial charge in [-0.05, 0) is 97.2 Å². The number of hydrogen-bond acceptors (Lipinski definition) is 4. The molecule has 2 aliphatic carbocycles. The maximum Gasteiger partial charge on any atom is 0.329 e. The van der Waals surface area contributed by atoms with E-state index in [2.05, 4.69) is 41.5 Å². The molecule has 2 N–H and O–H groups in total. The number of aliphatic carboxylic acids is 1. The lowest BCUT2D eigenvalue weighted by molar-refractivity contribution is -0.144. The van der Waals surface area contributed by atoms with Gasteiger partial charge < -0.3 is 15.2 Å². The van der Waals surface area contributed by atoms with Crippen LogP contribution < -0.4 is 10.1 Å². The molecule has 0 bridgehead atoms. The van der Waals surface area contributed by atoms with Crippen LogP contribution in [0.25, 0.3) is 0 Å². The molecule has 0 radical (unpaired) electrons. The van der Waals surface area contributed by atoms with Crippen molar-refractivity contribution in [3.8, 4) is 5.75 Å². The Morgan fingerprint density at radius 1 is 1.11 bits per heavy atom. The fourth-order valence-electron chi connectivity index (χ4n) is 6.61. The zero-order valence-corrected chi connectivity index (χ0v) is 22.1. The van der Waals surface area contributed by atoms with E-state index >= 15 is 0 Å². The third kappa shape index (κ3) is 5.19. The van der Waals surface area contributed by atoms with Gasteiger partial charge in [0.1, 0.15) is 11.3 Å². The van der Waals surface area contributed by atoms with Crippen LogP contribution in [0.2, 0.25) is 5.02 Å². The van der Waals surface area contributed by atoms with E-state index in [4.69, 9.17) is 16.3 Å². The standard InChI is InChI=1S/C31H35ClN2O3/c1-2-22(21-37-27-10-16-33-17-11-27)18-24-19-23-6-3-4-9-28(23)30(24)12-14-31(15-13-30,29(35)36)34-26-8-5-7-25(32)20-26/h3-11,16-17,20,22,24,34H,2,12-15,18-19,21H2,1H3,(H,35,36)/t22-,24-,30?,31?/m0/s1.